The number of hydrogen-bond donors (Lipinski definition) is 0. The van der Waals surface area contributed by atoms with Crippen LogP contribution >= 0.6 is 27.5 Å². The Hall–Kier alpha value is -1.000. The van der Waals surface area contributed by atoms with E-state index < -0.39 is 0 Å². The van der Waals surface area contributed by atoms with Crippen molar-refractivity contribution in [2.75, 3.05) is 0 Å². The highest BCUT2D eigenvalue weighted by Gasteiger charge is 2.09. The van der Waals surface area contributed by atoms with Crippen molar-refractivity contribution < 1.29 is 4.74 Å². The molecule has 3 nitrogen and oxygen atoms in total. The van der Waals surface area contributed by atoms with E-state index in [-0.39, 0.29) is 0 Å². The summed E-state index contributed by atoms with van der Waals surface area (Å²) < 4.78 is 7.80. The van der Waals surface area contributed by atoms with Gasteiger partial charge in [-0.15, -0.1) is 0 Å². The van der Waals surface area contributed by atoms with E-state index in [0.29, 0.717) is 23.0 Å². The van der Waals surface area contributed by atoms with Crippen molar-refractivity contribution in [3.05, 3.63) is 46.7 Å². The predicted octanol–water partition coefficient (Wildman–Crippen LogP) is 4.98. The summed E-state index contributed by atoms with van der Waals surface area (Å²) in [7, 11) is 0. The van der Waals surface area contributed by atoms with Crippen molar-refractivity contribution >= 4 is 27.5 Å². The first-order valence-corrected chi connectivity index (χ1v) is 8.15. The lowest BCUT2D eigenvalue weighted by Gasteiger charge is -2.11. The van der Waals surface area contributed by atoms with Crippen LogP contribution in [0.15, 0.2) is 30.5 Å². The van der Waals surface area contributed by atoms with Gasteiger partial charge in [0.05, 0.1) is 10.7 Å². The second-order valence-corrected chi connectivity index (χ2v) is 5.66. The van der Waals surface area contributed by atoms with Crippen molar-refractivity contribution in [2.45, 2.75) is 38.2 Å². The number of aromatic nitrogens is 2. The molecule has 0 aliphatic carbocycles. The summed E-state index contributed by atoms with van der Waals surface area (Å²) in [5.41, 5.74) is 1.95. The molecule has 2 aromatic rings. The first-order valence-electron chi connectivity index (χ1n) is 6.65. The molecule has 0 bridgehead atoms. The van der Waals surface area contributed by atoms with Crippen LogP contribution in [0.1, 0.15) is 37.6 Å². The fourth-order valence-electron chi connectivity index (χ4n) is 1.85. The van der Waals surface area contributed by atoms with Gasteiger partial charge >= 0.3 is 0 Å². The number of hydrogen-bond acceptors (Lipinski definition) is 2. The average Bonchev–Trinajstić information content (AvgIpc) is 2.93. The molecule has 5 heteroatoms. The van der Waals surface area contributed by atoms with Crippen LogP contribution in [0, 0.1) is 0 Å². The van der Waals surface area contributed by atoms with E-state index in [1.165, 1.54) is 0 Å². The fraction of sp³-hybridized carbons (Fsp3) is 0.400. The van der Waals surface area contributed by atoms with E-state index >= 15 is 0 Å². The molecule has 1 unspecified atom stereocenters. The molecule has 1 heterocycles. The van der Waals surface area contributed by atoms with Crippen molar-refractivity contribution in [1.29, 1.82) is 0 Å². The number of para-hydroxylation sites is 1. The summed E-state index contributed by atoms with van der Waals surface area (Å²) in [6.45, 7) is 4.72. The SMILES string of the molecule is CCC(C)n1ccc(COc2c(Cl)cccc2CBr)n1. The molecule has 0 saturated heterocycles. The topological polar surface area (TPSA) is 27.1 Å². The largest absolute Gasteiger partial charge is 0.485 e. The molecule has 1 aromatic carbocycles. The van der Waals surface area contributed by atoms with Crippen LogP contribution in [0.25, 0.3) is 0 Å². The highest BCUT2D eigenvalue weighted by atomic mass is 79.9. The molecular weight excluding hydrogens is 340 g/mol. The molecule has 1 aromatic heterocycles. The number of ether oxygens (including phenoxy) is 1. The van der Waals surface area contributed by atoms with Gasteiger partial charge in [-0.2, -0.15) is 5.10 Å². The van der Waals surface area contributed by atoms with Gasteiger partial charge in [-0.3, -0.25) is 4.68 Å². The summed E-state index contributed by atoms with van der Waals surface area (Å²) >= 11 is 9.62. The molecule has 0 amide bonds. The van der Waals surface area contributed by atoms with Crippen LogP contribution in [0.2, 0.25) is 5.02 Å². The maximum Gasteiger partial charge on any atom is 0.142 e. The molecule has 0 radical (unpaired) electrons. The maximum atomic E-state index is 6.18. The van der Waals surface area contributed by atoms with Gasteiger partial charge in [-0.05, 0) is 25.5 Å². The number of nitrogens with zero attached hydrogens (tertiary/aromatic N) is 2. The van der Waals surface area contributed by atoms with E-state index in [1.54, 1.807) is 0 Å². The van der Waals surface area contributed by atoms with Gasteiger partial charge in [-0.1, -0.05) is 46.6 Å². The Morgan fingerprint density at radius 3 is 2.90 bits per heavy atom. The van der Waals surface area contributed by atoms with Gasteiger partial charge in [0.25, 0.3) is 0 Å². The first kappa shape index (κ1) is 15.4. The summed E-state index contributed by atoms with van der Waals surface area (Å²) in [6, 6.07) is 8.14. The van der Waals surface area contributed by atoms with Crippen molar-refractivity contribution in [1.82, 2.24) is 9.78 Å². The Bertz CT molecular complexity index is 571. The van der Waals surface area contributed by atoms with Crippen molar-refractivity contribution in [3.63, 3.8) is 0 Å². The molecular formula is C15H18BrClN2O. The van der Waals surface area contributed by atoms with Gasteiger partial charge in [0.15, 0.2) is 0 Å². The third-order valence-electron chi connectivity index (χ3n) is 3.26. The molecule has 0 fully saturated rings. The van der Waals surface area contributed by atoms with Gasteiger partial charge < -0.3 is 4.74 Å². The highest BCUT2D eigenvalue weighted by molar-refractivity contribution is 9.08. The minimum absolute atomic E-state index is 0.405. The van der Waals surface area contributed by atoms with Crippen molar-refractivity contribution in [2.24, 2.45) is 0 Å². The Kier molecular flexibility index (Phi) is 5.49. The smallest absolute Gasteiger partial charge is 0.142 e. The third kappa shape index (κ3) is 3.55. The molecule has 1 atom stereocenters. The lowest BCUT2D eigenvalue weighted by molar-refractivity contribution is 0.296. The van der Waals surface area contributed by atoms with Gasteiger partial charge in [0.1, 0.15) is 12.4 Å². The summed E-state index contributed by atoms with van der Waals surface area (Å²) in [5, 5.41) is 5.86. The second kappa shape index (κ2) is 7.14. The quantitative estimate of drug-likeness (QED) is 0.682. The first-order chi connectivity index (χ1) is 9.65. The monoisotopic (exact) mass is 356 g/mol. The number of rotatable bonds is 6. The summed E-state index contributed by atoms with van der Waals surface area (Å²) in [5.74, 6) is 0.726. The Morgan fingerprint density at radius 2 is 2.20 bits per heavy atom. The molecule has 108 valence electrons. The average molecular weight is 358 g/mol. The van der Waals surface area contributed by atoms with Gasteiger partial charge in [0, 0.05) is 23.1 Å². The Balaban J connectivity index is 2.07. The molecule has 0 N–H and O–H groups in total. The number of halogens is 2. The molecule has 0 spiro atoms. The van der Waals surface area contributed by atoms with Crippen LogP contribution in [0.3, 0.4) is 0 Å². The van der Waals surface area contributed by atoms with Crippen LogP contribution in [-0.2, 0) is 11.9 Å². The van der Waals surface area contributed by atoms with E-state index in [2.05, 4.69) is 34.9 Å². The Labute approximate surface area is 133 Å². The van der Waals surface area contributed by atoms with E-state index in [4.69, 9.17) is 16.3 Å². The molecule has 0 saturated carbocycles. The number of benzene rings is 1. The van der Waals surface area contributed by atoms with Crippen molar-refractivity contribution in [3.8, 4) is 5.75 Å². The molecule has 0 aliphatic heterocycles. The zero-order valence-electron chi connectivity index (χ0n) is 11.6. The van der Waals surface area contributed by atoms with Crippen LogP contribution in [0.4, 0.5) is 0 Å². The fourth-order valence-corrected chi connectivity index (χ4v) is 2.54. The van der Waals surface area contributed by atoms with E-state index in [9.17, 15) is 0 Å². The minimum Gasteiger partial charge on any atom is -0.485 e. The zero-order valence-corrected chi connectivity index (χ0v) is 14.0. The van der Waals surface area contributed by atoms with Crippen LogP contribution in [0.5, 0.6) is 5.75 Å². The predicted molar refractivity (Wildman–Crippen MR) is 85.6 cm³/mol. The summed E-state index contributed by atoms with van der Waals surface area (Å²) in [6.07, 6.45) is 3.05. The van der Waals surface area contributed by atoms with Crippen LogP contribution in [-0.4, -0.2) is 9.78 Å². The normalized spacial score (nSPS) is 12.4. The van der Waals surface area contributed by atoms with Crippen LogP contribution < -0.4 is 4.74 Å². The summed E-state index contributed by atoms with van der Waals surface area (Å²) in [4.78, 5) is 0. The molecule has 0 aliphatic rings. The standard InChI is InChI=1S/C15H18BrClN2O/c1-3-11(2)19-8-7-13(18-19)10-20-15-12(9-16)5-4-6-14(15)17/h4-8,11H,3,9-10H2,1-2H3. The van der Waals surface area contributed by atoms with E-state index in [0.717, 1.165) is 23.4 Å². The Morgan fingerprint density at radius 1 is 1.40 bits per heavy atom. The molecule has 20 heavy (non-hydrogen) atoms. The van der Waals surface area contributed by atoms with E-state index in [1.807, 2.05) is 35.1 Å². The molecule has 2 rings (SSSR count). The zero-order chi connectivity index (χ0) is 14.5. The highest BCUT2D eigenvalue weighted by Crippen LogP contribution is 2.30. The third-order valence-corrected chi connectivity index (χ3v) is 4.16. The lowest BCUT2D eigenvalue weighted by Crippen LogP contribution is -2.06. The minimum atomic E-state index is 0.405. The lowest BCUT2D eigenvalue weighted by atomic mass is 10.2. The van der Waals surface area contributed by atoms with Gasteiger partial charge in [0.2, 0.25) is 0 Å². The van der Waals surface area contributed by atoms with Gasteiger partial charge in [-0.25, -0.2) is 0 Å². The second-order valence-electron chi connectivity index (χ2n) is 4.69. The maximum absolute atomic E-state index is 6.18. The number of alkyl halides is 1.